The maximum Gasteiger partial charge on any atom is 0.315 e. The summed E-state index contributed by atoms with van der Waals surface area (Å²) in [6.45, 7) is 0.0660. The van der Waals surface area contributed by atoms with E-state index in [0.717, 1.165) is 0 Å². The summed E-state index contributed by atoms with van der Waals surface area (Å²) < 4.78 is 31.1. The number of nitrogens with one attached hydrogen (secondary N) is 2. The number of aliphatic hydroxyl groups is 1. The third-order valence-corrected chi connectivity index (χ3v) is 3.33. The van der Waals surface area contributed by atoms with Crippen molar-refractivity contribution in [3.63, 3.8) is 0 Å². The van der Waals surface area contributed by atoms with Gasteiger partial charge in [-0.15, -0.1) is 0 Å². The zero-order chi connectivity index (χ0) is 17.5. The average molecular weight is 336 g/mol. The zero-order valence-electron chi connectivity index (χ0n) is 13.1. The molecule has 2 aromatic rings. The number of benzene rings is 2. The number of hydrogen-bond donors (Lipinski definition) is 3. The minimum Gasteiger partial charge on any atom is -0.497 e. The zero-order valence-corrected chi connectivity index (χ0v) is 13.1. The number of halogens is 2. The van der Waals surface area contributed by atoms with Crippen LogP contribution in [-0.2, 0) is 6.54 Å². The topological polar surface area (TPSA) is 70.6 Å². The van der Waals surface area contributed by atoms with Gasteiger partial charge >= 0.3 is 6.03 Å². The molecule has 0 saturated carbocycles. The average Bonchev–Trinajstić information content (AvgIpc) is 2.58. The highest BCUT2D eigenvalue weighted by molar-refractivity contribution is 5.73. The molecule has 0 radical (unpaired) electrons. The van der Waals surface area contributed by atoms with Crippen LogP contribution in [0, 0.1) is 11.6 Å². The number of amides is 2. The van der Waals surface area contributed by atoms with E-state index in [2.05, 4.69) is 10.6 Å². The van der Waals surface area contributed by atoms with Gasteiger partial charge < -0.3 is 20.5 Å². The molecule has 2 rings (SSSR count). The van der Waals surface area contributed by atoms with Crippen LogP contribution in [0.2, 0.25) is 0 Å². The molecule has 7 heteroatoms. The summed E-state index contributed by atoms with van der Waals surface area (Å²) in [7, 11) is 1.43. The van der Waals surface area contributed by atoms with E-state index >= 15 is 0 Å². The summed E-state index contributed by atoms with van der Waals surface area (Å²) in [6, 6.07) is 8.97. The normalized spacial score (nSPS) is 11.7. The van der Waals surface area contributed by atoms with Crippen molar-refractivity contribution < 1.29 is 23.4 Å². The second-order valence-corrected chi connectivity index (χ2v) is 5.13. The molecule has 128 valence electrons. The van der Waals surface area contributed by atoms with Crippen LogP contribution in [0.4, 0.5) is 13.6 Å². The molecule has 0 heterocycles. The molecule has 5 nitrogen and oxygen atoms in total. The molecule has 0 spiro atoms. The van der Waals surface area contributed by atoms with Crippen molar-refractivity contribution in [1.29, 1.82) is 0 Å². The number of carbonyl (C=O) groups excluding carboxylic acids is 1. The SMILES string of the molecule is COc1cc(F)cc(CNC(=O)NCC(O)c2ccc(F)cc2)c1. The molecule has 0 saturated heterocycles. The van der Waals surface area contributed by atoms with Gasteiger partial charge in [0.15, 0.2) is 0 Å². The lowest BCUT2D eigenvalue weighted by Gasteiger charge is -2.13. The van der Waals surface area contributed by atoms with Crippen LogP contribution in [0.5, 0.6) is 5.75 Å². The van der Waals surface area contributed by atoms with E-state index < -0.39 is 23.8 Å². The summed E-state index contributed by atoms with van der Waals surface area (Å²) in [5.74, 6) is -0.501. The van der Waals surface area contributed by atoms with E-state index in [1.54, 1.807) is 6.07 Å². The van der Waals surface area contributed by atoms with Crippen molar-refractivity contribution in [2.45, 2.75) is 12.6 Å². The predicted octanol–water partition coefficient (Wildman–Crippen LogP) is 2.51. The van der Waals surface area contributed by atoms with Gasteiger partial charge in [0.05, 0.1) is 13.2 Å². The van der Waals surface area contributed by atoms with Crippen LogP contribution in [0.3, 0.4) is 0 Å². The van der Waals surface area contributed by atoms with E-state index in [0.29, 0.717) is 16.9 Å². The van der Waals surface area contributed by atoms with E-state index in [9.17, 15) is 18.7 Å². The van der Waals surface area contributed by atoms with Crippen molar-refractivity contribution in [2.75, 3.05) is 13.7 Å². The molecular formula is C17H18F2N2O3. The van der Waals surface area contributed by atoms with E-state index in [4.69, 9.17) is 4.74 Å². The Morgan fingerprint density at radius 2 is 1.83 bits per heavy atom. The van der Waals surface area contributed by atoms with Crippen LogP contribution >= 0.6 is 0 Å². The van der Waals surface area contributed by atoms with Gasteiger partial charge in [0.25, 0.3) is 0 Å². The lowest BCUT2D eigenvalue weighted by molar-refractivity contribution is 0.173. The Labute approximate surface area is 138 Å². The standard InChI is InChI=1S/C17H18F2N2O3/c1-24-15-7-11(6-14(19)8-15)9-20-17(23)21-10-16(22)12-2-4-13(18)5-3-12/h2-8,16,22H,9-10H2,1H3,(H2,20,21,23). The number of rotatable bonds is 6. The van der Waals surface area contributed by atoms with Crippen LogP contribution in [0.25, 0.3) is 0 Å². The smallest absolute Gasteiger partial charge is 0.315 e. The van der Waals surface area contributed by atoms with E-state index in [-0.39, 0.29) is 13.1 Å². The first-order valence-electron chi connectivity index (χ1n) is 7.26. The number of aliphatic hydroxyl groups excluding tert-OH is 1. The summed E-state index contributed by atoms with van der Waals surface area (Å²) >= 11 is 0. The van der Waals surface area contributed by atoms with Crippen LogP contribution < -0.4 is 15.4 Å². The molecule has 0 bridgehead atoms. The van der Waals surface area contributed by atoms with Gasteiger partial charge in [0.1, 0.15) is 17.4 Å². The predicted molar refractivity (Wildman–Crippen MR) is 84.6 cm³/mol. The van der Waals surface area contributed by atoms with Gasteiger partial charge in [-0.25, -0.2) is 13.6 Å². The highest BCUT2D eigenvalue weighted by atomic mass is 19.1. The molecule has 0 aliphatic rings. The molecule has 24 heavy (non-hydrogen) atoms. The molecular weight excluding hydrogens is 318 g/mol. The molecule has 1 atom stereocenters. The fraction of sp³-hybridized carbons (Fsp3) is 0.235. The van der Waals surface area contributed by atoms with Gasteiger partial charge in [-0.2, -0.15) is 0 Å². The molecule has 0 aliphatic carbocycles. The van der Waals surface area contributed by atoms with Gasteiger partial charge in [0.2, 0.25) is 0 Å². The van der Waals surface area contributed by atoms with Gasteiger partial charge in [-0.1, -0.05) is 12.1 Å². The minimum atomic E-state index is -0.953. The second kappa shape index (κ2) is 8.26. The summed E-state index contributed by atoms with van der Waals surface area (Å²) in [4.78, 5) is 11.7. The van der Waals surface area contributed by atoms with Crippen LogP contribution in [0.1, 0.15) is 17.2 Å². The largest absolute Gasteiger partial charge is 0.497 e. The Hall–Kier alpha value is -2.67. The third kappa shape index (κ3) is 5.20. The van der Waals surface area contributed by atoms with Gasteiger partial charge in [-0.3, -0.25) is 0 Å². The first kappa shape index (κ1) is 17.7. The molecule has 2 amide bonds. The van der Waals surface area contributed by atoms with Crippen molar-refractivity contribution in [3.05, 3.63) is 65.2 Å². The Kier molecular flexibility index (Phi) is 6.08. The first-order valence-corrected chi connectivity index (χ1v) is 7.26. The maximum atomic E-state index is 13.3. The summed E-state index contributed by atoms with van der Waals surface area (Å²) in [5, 5.41) is 15.0. The van der Waals surface area contributed by atoms with Crippen molar-refractivity contribution in [2.24, 2.45) is 0 Å². The number of methoxy groups -OCH3 is 1. The Morgan fingerprint density at radius 1 is 1.12 bits per heavy atom. The molecule has 0 aromatic heterocycles. The fourth-order valence-electron chi connectivity index (χ4n) is 2.08. The lowest BCUT2D eigenvalue weighted by Crippen LogP contribution is -2.37. The molecule has 2 aromatic carbocycles. The van der Waals surface area contributed by atoms with Crippen molar-refractivity contribution in [1.82, 2.24) is 10.6 Å². The van der Waals surface area contributed by atoms with Crippen LogP contribution in [-0.4, -0.2) is 24.8 Å². The van der Waals surface area contributed by atoms with Gasteiger partial charge in [-0.05, 0) is 35.4 Å². The quantitative estimate of drug-likeness (QED) is 0.759. The molecule has 3 N–H and O–H groups in total. The third-order valence-electron chi connectivity index (χ3n) is 3.33. The Bertz CT molecular complexity index is 693. The number of urea groups is 1. The molecule has 1 unspecified atom stereocenters. The first-order chi connectivity index (χ1) is 11.5. The summed E-state index contributed by atoms with van der Waals surface area (Å²) in [5.41, 5.74) is 1.03. The van der Waals surface area contributed by atoms with E-state index in [1.807, 2.05) is 0 Å². The lowest BCUT2D eigenvalue weighted by atomic mass is 10.1. The van der Waals surface area contributed by atoms with Gasteiger partial charge in [0, 0.05) is 19.2 Å². The number of hydrogen-bond acceptors (Lipinski definition) is 3. The molecule has 0 aliphatic heterocycles. The highest BCUT2D eigenvalue weighted by Gasteiger charge is 2.10. The highest BCUT2D eigenvalue weighted by Crippen LogP contribution is 2.16. The fourth-order valence-corrected chi connectivity index (χ4v) is 2.08. The maximum absolute atomic E-state index is 13.3. The van der Waals surface area contributed by atoms with Crippen molar-refractivity contribution >= 4 is 6.03 Å². The number of carbonyl (C=O) groups is 1. The monoisotopic (exact) mass is 336 g/mol. The minimum absolute atomic E-state index is 0.0378. The van der Waals surface area contributed by atoms with Crippen molar-refractivity contribution in [3.8, 4) is 5.75 Å². The Morgan fingerprint density at radius 3 is 2.50 bits per heavy atom. The second-order valence-electron chi connectivity index (χ2n) is 5.13. The summed E-state index contributed by atoms with van der Waals surface area (Å²) in [6.07, 6.45) is -0.953. The number of ether oxygens (including phenoxy) is 1. The van der Waals surface area contributed by atoms with E-state index in [1.165, 1.54) is 43.5 Å². The van der Waals surface area contributed by atoms with Crippen LogP contribution in [0.15, 0.2) is 42.5 Å². The Balaban J connectivity index is 1.81. The molecule has 0 fully saturated rings.